The van der Waals surface area contributed by atoms with Crippen LogP contribution in [0.15, 0.2) is 24.3 Å². The lowest BCUT2D eigenvalue weighted by Crippen LogP contribution is -2.54. The number of hydrogen-bond acceptors (Lipinski definition) is 3. The van der Waals surface area contributed by atoms with Crippen LogP contribution in [0.25, 0.3) is 0 Å². The number of carbonyl (C=O) groups is 2. The molecule has 1 aromatic carbocycles. The number of amides is 2. The third kappa shape index (κ3) is 5.02. The highest BCUT2D eigenvalue weighted by molar-refractivity contribution is 5.94. The van der Waals surface area contributed by atoms with Gasteiger partial charge in [-0.3, -0.25) is 9.59 Å². The van der Waals surface area contributed by atoms with Gasteiger partial charge in [-0.2, -0.15) is 0 Å². The summed E-state index contributed by atoms with van der Waals surface area (Å²) in [5, 5.41) is 0. The molecule has 3 atom stereocenters. The summed E-state index contributed by atoms with van der Waals surface area (Å²) in [7, 11) is 0. The zero-order valence-electron chi connectivity index (χ0n) is 16.4. The van der Waals surface area contributed by atoms with Crippen LogP contribution < -0.4 is 5.73 Å². The van der Waals surface area contributed by atoms with Gasteiger partial charge in [0, 0.05) is 37.8 Å². The van der Waals surface area contributed by atoms with Gasteiger partial charge in [-0.1, -0.05) is 24.6 Å². The summed E-state index contributed by atoms with van der Waals surface area (Å²) in [6.07, 6.45) is 3.77. The second kappa shape index (κ2) is 9.56. The van der Waals surface area contributed by atoms with Gasteiger partial charge in [0.05, 0.1) is 5.92 Å². The zero-order valence-corrected chi connectivity index (χ0v) is 17.2. The molecule has 2 saturated heterocycles. The van der Waals surface area contributed by atoms with Crippen LogP contribution in [-0.4, -0.2) is 53.8 Å². The van der Waals surface area contributed by atoms with Gasteiger partial charge in [0.2, 0.25) is 5.91 Å². The molecule has 0 radical (unpaired) electrons. The quantitative estimate of drug-likeness (QED) is 0.858. The summed E-state index contributed by atoms with van der Waals surface area (Å²) in [6, 6.07) is 7.81. The number of nitrogens with two attached hydrogens (primary N) is 1. The molecule has 0 saturated carbocycles. The van der Waals surface area contributed by atoms with Crippen molar-refractivity contribution in [3.05, 3.63) is 35.4 Å². The van der Waals surface area contributed by atoms with Crippen LogP contribution >= 0.6 is 12.4 Å². The van der Waals surface area contributed by atoms with Crippen molar-refractivity contribution in [1.29, 1.82) is 0 Å². The van der Waals surface area contributed by atoms with Gasteiger partial charge in [0.25, 0.3) is 5.91 Å². The molecule has 2 fully saturated rings. The summed E-state index contributed by atoms with van der Waals surface area (Å²) in [6.45, 7) is 6.81. The molecule has 2 amide bonds. The molecule has 27 heavy (non-hydrogen) atoms. The minimum absolute atomic E-state index is 0. The maximum absolute atomic E-state index is 13.1. The predicted molar refractivity (Wildman–Crippen MR) is 110 cm³/mol. The van der Waals surface area contributed by atoms with Crippen molar-refractivity contribution in [2.24, 2.45) is 17.6 Å². The van der Waals surface area contributed by atoms with Crippen molar-refractivity contribution >= 4 is 24.2 Å². The fourth-order valence-corrected chi connectivity index (χ4v) is 4.24. The van der Waals surface area contributed by atoms with Crippen molar-refractivity contribution in [1.82, 2.24) is 9.80 Å². The van der Waals surface area contributed by atoms with Crippen LogP contribution in [0.3, 0.4) is 0 Å². The third-order valence-corrected chi connectivity index (χ3v) is 5.89. The molecule has 2 heterocycles. The molecule has 6 heteroatoms. The van der Waals surface area contributed by atoms with E-state index in [4.69, 9.17) is 5.73 Å². The maximum Gasteiger partial charge on any atom is 0.253 e. The Kier molecular flexibility index (Phi) is 7.68. The number of hydrogen-bond donors (Lipinski definition) is 1. The maximum atomic E-state index is 13.1. The minimum atomic E-state index is -0.0967. The number of likely N-dealkylation sites (tertiary alicyclic amines) is 2. The van der Waals surface area contributed by atoms with E-state index >= 15 is 0 Å². The molecule has 2 aliphatic rings. The highest BCUT2D eigenvalue weighted by Crippen LogP contribution is 2.27. The van der Waals surface area contributed by atoms with Gasteiger partial charge in [0.1, 0.15) is 0 Å². The largest absolute Gasteiger partial charge is 0.338 e. The molecule has 2 aliphatic heterocycles. The first-order chi connectivity index (χ1) is 12.5. The molecule has 2 N–H and O–H groups in total. The van der Waals surface area contributed by atoms with Gasteiger partial charge in [0.15, 0.2) is 0 Å². The Labute approximate surface area is 168 Å². The normalized spacial score (nSPS) is 25.7. The third-order valence-electron chi connectivity index (χ3n) is 5.89. The number of nitrogens with zero attached hydrogens (tertiary/aromatic N) is 2. The van der Waals surface area contributed by atoms with Crippen LogP contribution in [0.5, 0.6) is 0 Å². The molecule has 150 valence electrons. The van der Waals surface area contributed by atoms with E-state index in [2.05, 4.69) is 6.92 Å². The fraction of sp³-hybridized carbons (Fsp3) is 0.619. The number of halogens is 1. The van der Waals surface area contributed by atoms with Crippen molar-refractivity contribution in [3.8, 4) is 0 Å². The lowest BCUT2D eigenvalue weighted by atomic mass is 9.89. The van der Waals surface area contributed by atoms with E-state index in [1.54, 1.807) is 0 Å². The monoisotopic (exact) mass is 393 g/mol. The number of aryl methyl sites for hydroxylation is 1. The Morgan fingerprint density at radius 3 is 2.52 bits per heavy atom. The number of carbonyl (C=O) groups excluding carboxylic acids is 2. The number of piperidine rings is 2. The Morgan fingerprint density at radius 2 is 1.85 bits per heavy atom. The second-order valence-corrected chi connectivity index (χ2v) is 8.01. The van der Waals surface area contributed by atoms with Gasteiger partial charge in [-0.05, 0) is 50.7 Å². The summed E-state index contributed by atoms with van der Waals surface area (Å²) in [4.78, 5) is 29.7. The molecule has 3 unspecified atom stereocenters. The van der Waals surface area contributed by atoms with E-state index in [0.717, 1.165) is 44.3 Å². The van der Waals surface area contributed by atoms with Gasteiger partial charge in [-0.15, -0.1) is 12.4 Å². The standard InChI is InChI=1S/C21H31N3O2.ClH/c1-15-5-7-17(8-6-15)20(25)23-10-3-4-18(14-23)21(26)24-11-9-16(2)12-19(24)13-22;/h5-8,16,18-19H,3-4,9-14,22H2,1-2H3;1H. The van der Waals surface area contributed by atoms with Crippen molar-refractivity contribution in [2.75, 3.05) is 26.2 Å². The van der Waals surface area contributed by atoms with E-state index < -0.39 is 0 Å². The Morgan fingerprint density at radius 1 is 1.15 bits per heavy atom. The van der Waals surface area contributed by atoms with Gasteiger partial charge in [-0.25, -0.2) is 0 Å². The van der Waals surface area contributed by atoms with E-state index in [0.29, 0.717) is 24.6 Å². The molecule has 0 spiro atoms. The predicted octanol–water partition coefficient (Wildman–Crippen LogP) is 2.85. The zero-order chi connectivity index (χ0) is 18.7. The highest BCUT2D eigenvalue weighted by Gasteiger charge is 2.36. The van der Waals surface area contributed by atoms with Gasteiger partial charge < -0.3 is 15.5 Å². The summed E-state index contributed by atoms with van der Waals surface area (Å²) in [5.41, 5.74) is 7.77. The van der Waals surface area contributed by atoms with Crippen LogP contribution in [0.1, 0.15) is 48.5 Å². The van der Waals surface area contributed by atoms with Crippen LogP contribution in [0, 0.1) is 18.8 Å². The topological polar surface area (TPSA) is 66.6 Å². The van der Waals surface area contributed by atoms with E-state index in [1.807, 2.05) is 41.0 Å². The first kappa shape index (κ1) is 21.7. The molecular formula is C21H32ClN3O2. The number of benzene rings is 1. The Balaban J connectivity index is 0.00000261. The molecule has 0 aromatic heterocycles. The van der Waals surface area contributed by atoms with Gasteiger partial charge >= 0.3 is 0 Å². The average Bonchev–Trinajstić information content (AvgIpc) is 2.67. The Bertz CT molecular complexity index is 649. The van der Waals surface area contributed by atoms with E-state index in [-0.39, 0.29) is 36.2 Å². The molecule has 0 bridgehead atoms. The first-order valence-electron chi connectivity index (χ1n) is 9.86. The van der Waals surface area contributed by atoms with E-state index in [9.17, 15) is 9.59 Å². The molecule has 5 nitrogen and oxygen atoms in total. The second-order valence-electron chi connectivity index (χ2n) is 8.01. The van der Waals surface area contributed by atoms with Crippen molar-refractivity contribution in [2.45, 2.75) is 45.6 Å². The van der Waals surface area contributed by atoms with Crippen molar-refractivity contribution in [3.63, 3.8) is 0 Å². The molecular weight excluding hydrogens is 362 g/mol. The minimum Gasteiger partial charge on any atom is -0.338 e. The average molecular weight is 394 g/mol. The smallest absolute Gasteiger partial charge is 0.253 e. The molecule has 3 rings (SSSR count). The van der Waals surface area contributed by atoms with E-state index in [1.165, 1.54) is 0 Å². The van der Waals surface area contributed by atoms with Crippen molar-refractivity contribution < 1.29 is 9.59 Å². The van der Waals surface area contributed by atoms with Crippen LogP contribution in [0.4, 0.5) is 0 Å². The summed E-state index contributed by atoms with van der Waals surface area (Å²) >= 11 is 0. The molecule has 0 aliphatic carbocycles. The SMILES string of the molecule is Cc1ccc(C(=O)N2CCCC(C(=O)N3CCC(C)CC3CN)C2)cc1.Cl. The summed E-state index contributed by atoms with van der Waals surface area (Å²) in [5.74, 6) is 0.748. The first-order valence-corrected chi connectivity index (χ1v) is 9.86. The lowest BCUT2D eigenvalue weighted by molar-refractivity contribution is -0.141. The van der Waals surface area contributed by atoms with Crippen LogP contribution in [-0.2, 0) is 4.79 Å². The number of rotatable bonds is 3. The fourth-order valence-electron chi connectivity index (χ4n) is 4.24. The Hall–Kier alpha value is -1.59. The van der Waals surface area contributed by atoms with Crippen LogP contribution in [0.2, 0.25) is 0 Å². The molecule has 1 aromatic rings. The summed E-state index contributed by atoms with van der Waals surface area (Å²) < 4.78 is 0. The lowest BCUT2D eigenvalue weighted by Gasteiger charge is -2.41. The highest BCUT2D eigenvalue weighted by atomic mass is 35.5.